The SMILES string of the molecule is CCCCCCCC(CC=O)c1ccc(C(=O)O)cc1. The normalized spacial score (nSPS) is 12.1. The molecule has 1 rings (SSSR count). The van der Waals surface area contributed by atoms with Gasteiger partial charge in [-0.25, -0.2) is 4.79 Å². The molecule has 3 nitrogen and oxygen atoms in total. The molecule has 1 aromatic rings. The zero-order valence-corrected chi connectivity index (χ0v) is 12.2. The van der Waals surface area contributed by atoms with E-state index in [0.717, 1.165) is 24.7 Å². The fourth-order valence-corrected chi connectivity index (χ4v) is 2.43. The lowest BCUT2D eigenvalue weighted by molar-refractivity contribution is -0.108. The summed E-state index contributed by atoms with van der Waals surface area (Å²) in [6.45, 7) is 2.19. The van der Waals surface area contributed by atoms with Gasteiger partial charge < -0.3 is 9.90 Å². The third-order valence-electron chi connectivity index (χ3n) is 3.67. The van der Waals surface area contributed by atoms with Gasteiger partial charge in [-0.05, 0) is 30.0 Å². The molecule has 20 heavy (non-hydrogen) atoms. The van der Waals surface area contributed by atoms with Gasteiger partial charge in [0.1, 0.15) is 6.29 Å². The molecule has 0 aliphatic rings. The lowest BCUT2D eigenvalue weighted by Crippen LogP contribution is -2.02. The molecule has 0 heterocycles. The monoisotopic (exact) mass is 276 g/mol. The lowest BCUT2D eigenvalue weighted by Gasteiger charge is -2.14. The van der Waals surface area contributed by atoms with Gasteiger partial charge >= 0.3 is 5.97 Å². The van der Waals surface area contributed by atoms with E-state index in [1.165, 1.54) is 25.7 Å². The maximum Gasteiger partial charge on any atom is 0.335 e. The van der Waals surface area contributed by atoms with E-state index in [0.29, 0.717) is 12.0 Å². The largest absolute Gasteiger partial charge is 0.478 e. The smallest absolute Gasteiger partial charge is 0.335 e. The topological polar surface area (TPSA) is 54.4 Å². The third-order valence-corrected chi connectivity index (χ3v) is 3.67. The minimum atomic E-state index is -0.914. The summed E-state index contributed by atoms with van der Waals surface area (Å²) in [5.41, 5.74) is 1.36. The Morgan fingerprint density at radius 1 is 1.15 bits per heavy atom. The highest BCUT2D eigenvalue weighted by atomic mass is 16.4. The van der Waals surface area contributed by atoms with E-state index in [2.05, 4.69) is 6.92 Å². The maximum atomic E-state index is 10.8. The molecule has 1 unspecified atom stereocenters. The number of carbonyl (C=O) groups is 2. The Bertz CT molecular complexity index is 409. The first kappa shape index (κ1) is 16.4. The Hall–Kier alpha value is -1.64. The van der Waals surface area contributed by atoms with Crippen LogP contribution in [0.5, 0.6) is 0 Å². The summed E-state index contributed by atoms with van der Waals surface area (Å²) in [7, 11) is 0. The zero-order chi connectivity index (χ0) is 14.8. The molecule has 0 saturated heterocycles. The summed E-state index contributed by atoms with van der Waals surface area (Å²) in [4.78, 5) is 21.6. The Kier molecular flexibility index (Phi) is 7.63. The van der Waals surface area contributed by atoms with E-state index in [4.69, 9.17) is 5.11 Å². The summed E-state index contributed by atoms with van der Waals surface area (Å²) in [5.74, 6) is -0.694. The molecular weight excluding hydrogens is 252 g/mol. The van der Waals surface area contributed by atoms with Gasteiger partial charge in [0.15, 0.2) is 0 Å². The van der Waals surface area contributed by atoms with Crippen LogP contribution in [0, 0.1) is 0 Å². The molecule has 0 saturated carbocycles. The highest BCUT2D eigenvalue weighted by Crippen LogP contribution is 2.25. The summed E-state index contributed by atoms with van der Waals surface area (Å²) in [6, 6.07) is 6.91. The van der Waals surface area contributed by atoms with Crippen LogP contribution in [0.15, 0.2) is 24.3 Å². The van der Waals surface area contributed by atoms with Crippen LogP contribution in [0.4, 0.5) is 0 Å². The quantitative estimate of drug-likeness (QED) is 0.508. The Morgan fingerprint density at radius 3 is 2.35 bits per heavy atom. The van der Waals surface area contributed by atoms with Gasteiger partial charge in [-0.2, -0.15) is 0 Å². The fraction of sp³-hybridized carbons (Fsp3) is 0.529. The number of carboxylic acid groups (broad SMARTS) is 1. The van der Waals surface area contributed by atoms with Crippen molar-refractivity contribution in [3.8, 4) is 0 Å². The van der Waals surface area contributed by atoms with Crippen LogP contribution in [0.1, 0.15) is 73.7 Å². The van der Waals surface area contributed by atoms with Crippen LogP contribution in [-0.4, -0.2) is 17.4 Å². The molecule has 1 N–H and O–H groups in total. The molecule has 1 atom stereocenters. The second-order valence-electron chi connectivity index (χ2n) is 5.23. The van der Waals surface area contributed by atoms with Crippen molar-refractivity contribution >= 4 is 12.3 Å². The Labute approximate surface area is 121 Å². The predicted octanol–water partition coefficient (Wildman–Crippen LogP) is 4.42. The average Bonchev–Trinajstić information content (AvgIpc) is 2.46. The van der Waals surface area contributed by atoms with Crippen LogP contribution in [0.25, 0.3) is 0 Å². The van der Waals surface area contributed by atoms with Crippen LogP contribution in [0.2, 0.25) is 0 Å². The number of carboxylic acids is 1. The van der Waals surface area contributed by atoms with Gasteiger partial charge in [-0.3, -0.25) is 0 Å². The van der Waals surface area contributed by atoms with Crippen molar-refractivity contribution < 1.29 is 14.7 Å². The van der Waals surface area contributed by atoms with E-state index in [1.807, 2.05) is 12.1 Å². The van der Waals surface area contributed by atoms with E-state index >= 15 is 0 Å². The highest BCUT2D eigenvalue weighted by molar-refractivity contribution is 5.87. The number of aldehydes is 1. The van der Waals surface area contributed by atoms with E-state index in [-0.39, 0.29) is 5.92 Å². The average molecular weight is 276 g/mol. The van der Waals surface area contributed by atoms with Crippen molar-refractivity contribution in [3.05, 3.63) is 35.4 Å². The molecular formula is C17H24O3. The first-order valence-corrected chi connectivity index (χ1v) is 7.46. The Balaban J connectivity index is 2.56. The van der Waals surface area contributed by atoms with Gasteiger partial charge in [-0.1, -0.05) is 51.2 Å². The maximum absolute atomic E-state index is 10.8. The molecule has 0 aliphatic heterocycles. The van der Waals surface area contributed by atoms with Crippen molar-refractivity contribution in [2.75, 3.05) is 0 Å². The summed E-state index contributed by atoms with van der Waals surface area (Å²) < 4.78 is 0. The Morgan fingerprint density at radius 2 is 1.80 bits per heavy atom. The van der Waals surface area contributed by atoms with Crippen LogP contribution in [-0.2, 0) is 4.79 Å². The minimum absolute atomic E-state index is 0.219. The molecule has 0 aliphatic carbocycles. The van der Waals surface area contributed by atoms with E-state index in [1.54, 1.807) is 12.1 Å². The van der Waals surface area contributed by atoms with Gasteiger partial charge in [0.2, 0.25) is 0 Å². The first-order chi connectivity index (χ1) is 9.69. The molecule has 0 amide bonds. The number of aromatic carboxylic acids is 1. The van der Waals surface area contributed by atoms with Crippen molar-refractivity contribution in [1.82, 2.24) is 0 Å². The molecule has 110 valence electrons. The van der Waals surface area contributed by atoms with Gasteiger partial charge in [0.25, 0.3) is 0 Å². The number of hydrogen-bond acceptors (Lipinski definition) is 2. The van der Waals surface area contributed by atoms with Gasteiger partial charge in [-0.15, -0.1) is 0 Å². The molecule has 0 aromatic heterocycles. The number of benzene rings is 1. The van der Waals surface area contributed by atoms with Crippen LogP contribution < -0.4 is 0 Å². The van der Waals surface area contributed by atoms with Gasteiger partial charge in [0, 0.05) is 6.42 Å². The van der Waals surface area contributed by atoms with Crippen LogP contribution >= 0.6 is 0 Å². The summed E-state index contributed by atoms with van der Waals surface area (Å²) >= 11 is 0. The van der Waals surface area contributed by atoms with Crippen molar-refractivity contribution in [2.45, 2.75) is 57.8 Å². The van der Waals surface area contributed by atoms with Crippen molar-refractivity contribution in [1.29, 1.82) is 0 Å². The highest BCUT2D eigenvalue weighted by Gasteiger charge is 2.12. The summed E-state index contributed by atoms with van der Waals surface area (Å²) in [5, 5.41) is 8.89. The molecule has 0 bridgehead atoms. The number of unbranched alkanes of at least 4 members (excludes halogenated alkanes) is 4. The number of hydrogen-bond donors (Lipinski definition) is 1. The molecule has 0 radical (unpaired) electrons. The molecule has 3 heteroatoms. The van der Waals surface area contributed by atoms with E-state index < -0.39 is 5.97 Å². The van der Waals surface area contributed by atoms with Gasteiger partial charge in [0.05, 0.1) is 5.56 Å². The summed E-state index contributed by atoms with van der Waals surface area (Å²) in [6.07, 6.45) is 8.55. The molecule has 0 spiro atoms. The molecule has 1 aromatic carbocycles. The third kappa shape index (κ3) is 5.55. The second kappa shape index (κ2) is 9.29. The first-order valence-electron chi connectivity index (χ1n) is 7.46. The number of rotatable bonds is 10. The standard InChI is InChI=1S/C17H24O3/c1-2-3-4-5-6-7-14(12-13-18)15-8-10-16(11-9-15)17(19)20/h8-11,13-14H,2-7,12H2,1H3,(H,19,20). The van der Waals surface area contributed by atoms with E-state index in [9.17, 15) is 9.59 Å². The molecule has 0 fully saturated rings. The second-order valence-corrected chi connectivity index (χ2v) is 5.23. The van der Waals surface area contributed by atoms with Crippen molar-refractivity contribution in [2.24, 2.45) is 0 Å². The minimum Gasteiger partial charge on any atom is -0.478 e. The van der Waals surface area contributed by atoms with Crippen LogP contribution in [0.3, 0.4) is 0 Å². The fourth-order valence-electron chi connectivity index (χ4n) is 2.43. The number of carbonyl (C=O) groups excluding carboxylic acids is 1. The zero-order valence-electron chi connectivity index (χ0n) is 12.2. The predicted molar refractivity (Wildman–Crippen MR) is 80.2 cm³/mol. The lowest BCUT2D eigenvalue weighted by atomic mass is 9.90. The van der Waals surface area contributed by atoms with Crippen molar-refractivity contribution in [3.63, 3.8) is 0 Å².